The molecule has 0 spiro atoms. The van der Waals surface area contributed by atoms with E-state index in [1.807, 2.05) is 0 Å². The lowest BCUT2D eigenvalue weighted by molar-refractivity contribution is 0.0318. The first-order valence-corrected chi connectivity index (χ1v) is 5.86. The lowest BCUT2D eigenvalue weighted by Gasteiger charge is -2.21. The van der Waals surface area contributed by atoms with Gasteiger partial charge in [-0.3, -0.25) is 0 Å². The molecule has 2 unspecified atom stereocenters. The second-order valence-electron chi connectivity index (χ2n) is 4.32. The summed E-state index contributed by atoms with van der Waals surface area (Å²) in [5, 5.41) is 9.86. The summed E-state index contributed by atoms with van der Waals surface area (Å²) in [5.41, 5.74) is 0. The summed E-state index contributed by atoms with van der Waals surface area (Å²) in [7, 11) is 0. The van der Waals surface area contributed by atoms with Gasteiger partial charge in [0, 0.05) is 6.07 Å². The van der Waals surface area contributed by atoms with Crippen LogP contribution in [0.15, 0.2) is 24.3 Å². The topological polar surface area (TPSA) is 29.5 Å². The van der Waals surface area contributed by atoms with Gasteiger partial charge < -0.3 is 9.84 Å². The van der Waals surface area contributed by atoms with Gasteiger partial charge in [-0.25, -0.2) is 4.39 Å². The maximum Gasteiger partial charge on any atom is 0.126 e. The van der Waals surface area contributed by atoms with E-state index in [4.69, 9.17) is 4.74 Å². The Labute approximate surface area is 95.1 Å². The van der Waals surface area contributed by atoms with E-state index >= 15 is 0 Å². The van der Waals surface area contributed by atoms with Crippen LogP contribution in [0.2, 0.25) is 0 Å². The van der Waals surface area contributed by atoms with Crippen molar-refractivity contribution in [3.05, 3.63) is 30.1 Å². The van der Waals surface area contributed by atoms with E-state index in [0.29, 0.717) is 5.75 Å². The van der Waals surface area contributed by atoms with E-state index < -0.39 is 6.10 Å². The average Bonchev–Trinajstić information content (AvgIpc) is 2.45. The van der Waals surface area contributed by atoms with Crippen LogP contribution in [0.5, 0.6) is 5.75 Å². The predicted octanol–water partition coefficient (Wildman–Crippen LogP) is 2.90. The zero-order chi connectivity index (χ0) is 11.4. The maximum atomic E-state index is 13.0. The van der Waals surface area contributed by atoms with Gasteiger partial charge in [-0.1, -0.05) is 18.9 Å². The number of aliphatic hydroxyl groups is 1. The highest BCUT2D eigenvalue weighted by molar-refractivity contribution is 5.22. The van der Waals surface area contributed by atoms with Crippen LogP contribution in [-0.2, 0) is 0 Å². The number of rotatable bonds is 2. The van der Waals surface area contributed by atoms with Crippen LogP contribution in [0.3, 0.4) is 0 Å². The van der Waals surface area contributed by atoms with Gasteiger partial charge in [0.2, 0.25) is 0 Å². The van der Waals surface area contributed by atoms with E-state index in [0.717, 1.165) is 32.1 Å². The van der Waals surface area contributed by atoms with Gasteiger partial charge in [0.1, 0.15) is 17.7 Å². The number of benzene rings is 1. The number of hydrogen-bond donors (Lipinski definition) is 1. The highest BCUT2D eigenvalue weighted by Gasteiger charge is 2.23. The van der Waals surface area contributed by atoms with Gasteiger partial charge in [-0.15, -0.1) is 0 Å². The lowest BCUT2D eigenvalue weighted by atomic mass is 10.1. The van der Waals surface area contributed by atoms with E-state index in [1.54, 1.807) is 12.1 Å². The van der Waals surface area contributed by atoms with E-state index in [9.17, 15) is 9.50 Å². The van der Waals surface area contributed by atoms with Crippen molar-refractivity contribution < 1.29 is 14.2 Å². The fourth-order valence-electron chi connectivity index (χ4n) is 2.11. The molecular weight excluding hydrogens is 207 g/mol. The number of hydrogen-bond acceptors (Lipinski definition) is 2. The standard InChI is InChI=1S/C13H17FO2/c14-10-5-4-6-11(9-10)16-13-8-3-1-2-7-12(13)15/h4-6,9,12-13,15H,1-3,7-8H2. The summed E-state index contributed by atoms with van der Waals surface area (Å²) in [5.74, 6) is 0.201. The van der Waals surface area contributed by atoms with Crippen molar-refractivity contribution in [1.29, 1.82) is 0 Å². The molecule has 0 radical (unpaired) electrons. The van der Waals surface area contributed by atoms with Crippen LogP contribution in [0.25, 0.3) is 0 Å². The number of halogens is 1. The highest BCUT2D eigenvalue weighted by atomic mass is 19.1. The van der Waals surface area contributed by atoms with Crippen LogP contribution >= 0.6 is 0 Å². The van der Waals surface area contributed by atoms with Gasteiger partial charge in [-0.05, 0) is 31.4 Å². The predicted molar refractivity (Wildman–Crippen MR) is 59.9 cm³/mol. The summed E-state index contributed by atoms with van der Waals surface area (Å²) < 4.78 is 18.6. The van der Waals surface area contributed by atoms with Gasteiger partial charge >= 0.3 is 0 Å². The summed E-state index contributed by atoms with van der Waals surface area (Å²) in [6, 6.07) is 6.09. The van der Waals surface area contributed by atoms with E-state index in [2.05, 4.69) is 0 Å². The van der Waals surface area contributed by atoms with Crippen LogP contribution in [0.1, 0.15) is 32.1 Å². The molecule has 0 saturated heterocycles. The zero-order valence-corrected chi connectivity index (χ0v) is 9.23. The Morgan fingerprint density at radius 3 is 2.81 bits per heavy atom. The smallest absolute Gasteiger partial charge is 0.126 e. The second kappa shape index (κ2) is 5.30. The molecule has 1 aliphatic rings. The minimum absolute atomic E-state index is 0.190. The Kier molecular flexibility index (Phi) is 3.78. The Balaban J connectivity index is 2.02. The van der Waals surface area contributed by atoms with Crippen molar-refractivity contribution in [3.63, 3.8) is 0 Å². The molecule has 1 aromatic rings. The lowest BCUT2D eigenvalue weighted by Crippen LogP contribution is -2.30. The summed E-state index contributed by atoms with van der Waals surface area (Å²) in [6.07, 6.45) is 4.26. The van der Waals surface area contributed by atoms with Crippen molar-refractivity contribution in [1.82, 2.24) is 0 Å². The second-order valence-corrected chi connectivity index (χ2v) is 4.32. The molecule has 0 aromatic heterocycles. The summed E-state index contributed by atoms with van der Waals surface area (Å²) in [6.45, 7) is 0. The van der Waals surface area contributed by atoms with Gasteiger partial charge in [0.25, 0.3) is 0 Å². The first kappa shape index (κ1) is 11.4. The summed E-state index contributed by atoms with van der Waals surface area (Å²) >= 11 is 0. The molecule has 2 rings (SSSR count). The largest absolute Gasteiger partial charge is 0.488 e. The minimum atomic E-state index is -0.425. The monoisotopic (exact) mass is 224 g/mol. The molecule has 1 aromatic carbocycles. The minimum Gasteiger partial charge on any atom is -0.488 e. The van der Waals surface area contributed by atoms with Crippen LogP contribution < -0.4 is 4.74 Å². The quantitative estimate of drug-likeness (QED) is 0.783. The Morgan fingerprint density at radius 2 is 2.00 bits per heavy atom. The Bertz CT molecular complexity index is 340. The molecular formula is C13H17FO2. The fraction of sp³-hybridized carbons (Fsp3) is 0.538. The third kappa shape index (κ3) is 2.95. The molecule has 88 valence electrons. The molecule has 16 heavy (non-hydrogen) atoms. The van der Waals surface area contributed by atoms with Crippen LogP contribution in [0, 0.1) is 5.82 Å². The van der Waals surface area contributed by atoms with Crippen molar-refractivity contribution >= 4 is 0 Å². The first-order valence-electron chi connectivity index (χ1n) is 5.86. The van der Waals surface area contributed by atoms with E-state index in [1.165, 1.54) is 12.1 Å². The fourth-order valence-corrected chi connectivity index (χ4v) is 2.11. The molecule has 1 saturated carbocycles. The SMILES string of the molecule is OC1CCCCCC1Oc1cccc(F)c1. The molecule has 1 fully saturated rings. The molecule has 2 nitrogen and oxygen atoms in total. The van der Waals surface area contributed by atoms with Crippen molar-refractivity contribution in [3.8, 4) is 5.75 Å². The Morgan fingerprint density at radius 1 is 1.19 bits per heavy atom. The first-order chi connectivity index (χ1) is 7.75. The molecule has 1 N–H and O–H groups in total. The molecule has 3 heteroatoms. The third-order valence-electron chi connectivity index (χ3n) is 3.00. The average molecular weight is 224 g/mol. The van der Waals surface area contributed by atoms with Crippen LogP contribution in [0.4, 0.5) is 4.39 Å². The van der Waals surface area contributed by atoms with Crippen molar-refractivity contribution in [2.45, 2.75) is 44.3 Å². The van der Waals surface area contributed by atoms with Crippen LogP contribution in [-0.4, -0.2) is 17.3 Å². The third-order valence-corrected chi connectivity index (χ3v) is 3.00. The zero-order valence-electron chi connectivity index (χ0n) is 9.23. The number of aliphatic hydroxyl groups excluding tert-OH is 1. The molecule has 1 aliphatic carbocycles. The normalized spacial score (nSPS) is 26.1. The maximum absolute atomic E-state index is 13.0. The van der Waals surface area contributed by atoms with Crippen molar-refractivity contribution in [2.75, 3.05) is 0 Å². The molecule has 0 aliphatic heterocycles. The van der Waals surface area contributed by atoms with E-state index in [-0.39, 0.29) is 11.9 Å². The van der Waals surface area contributed by atoms with Gasteiger partial charge in [0.15, 0.2) is 0 Å². The molecule has 0 heterocycles. The molecule has 0 bridgehead atoms. The molecule has 0 amide bonds. The van der Waals surface area contributed by atoms with Crippen molar-refractivity contribution in [2.24, 2.45) is 0 Å². The molecule has 2 atom stereocenters. The highest BCUT2D eigenvalue weighted by Crippen LogP contribution is 2.23. The summed E-state index contributed by atoms with van der Waals surface area (Å²) in [4.78, 5) is 0. The van der Waals surface area contributed by atoms with Gasteiger partial charge in [0.05, 0.1) is 6.10 Å². The number of ether oxygens (including phenoxy) is 1. The Hall–Kier alpha value is -1.09. The van der Waals surface area contributed by atoms with Gasteiger partial charge in [-0.2, -0.15) is 0 Å².